The molecule has 0 aromatic heterocycles. The third-order valence-corrected chi connectivity index (χ3v) is 2.79. The van der Waals surface area contributed by atoms with Gasteiger partial charge < -0.3 is 10.6 Å². The third kappa shape index (κ3) is 5.16. The Morgan fingerprint density at radius 2 is 1.94 bits per heavy atom. The monoisotopic (exact) mass is 238 g/mol. The molecular weight excluding hydrogens is 217 g/mol. The Kier molecular flexibility index (Phi) is 4.62. The quantitative estimate of drug-likeness (QED) is 0.817. The van der Waals surface area contributed by atoms with Crippen LogP contribution in [0.1, 0.15) is 26.7 Å². The predicted octanol–water partition coefficient (Wildman–Crippen LogP) is 2.24. The molecule has 2 N–H and O–H groups in total. The zero-order chi connectivity index (χ0) is 12.3. The lowest BCUT2D eigenvalue weighted by molar-refractivity contribution is -0.148. The van der Waals surface area contributed by atoms with Crippen molar-refractivity contribution in [3.05, 3.63) is 0 Å². The molecule has 1 saturated heterocycles. The van der Waals surface area contributed by atoms with E-state index in [1.54, 1.807) is 0 Å². The summed E-state index contributed by atoms with van der Waals surface area (Å²) in [5.41, 5.74) is 5.80. The normalized spacial score (nSPS) is 28.7. The Labute approximate surface area is 95.0 Å². The molecule has 1 aliphatic heterocycles. The number of alkyl halides is 3. The summed E-state index contributed by atoms with van der Waals surface area (Å²) in [6.45, 7) is 6.23. The number of likely N-dealkylation sites (tertiary alicyclic amines) is 1. The van der Waals surface area contributed by atoms with Crippen LogP contribution in [-0.2, 0) is 0 Å². The van der Waals surface area contributed by atoms with E-state index < -0.39 is 12.6 Å². The molecule has 0 aromatic rings. The van der Waals surface area contributed by atoms with Crippen molar-refractivity contribution in [1.29, 1.82) is 0 Å². The minimum Gasteiger partial charge on any atom is -0.327 e. The average molecular weight is 238 g/mol. The SMILES string of the molecule is CC(C)CN1CC(N)CC(CC(F)(F)F)C1. The molecule has 96 valence electrons. The van der Waals surface area contributed by atoms with Crippen molar-refractivity contribution in [3.63, 3.8) is 0 Å². The number of piperidine rings is 1. The molecule has 0 aromatic carbocycles. The lowest BCUT2D eigenvalue weighted by Crippen LogP contribution is -2.48. The van der Waals surface area contributed by atoms with Gasteiger partial charge in [0.2, 0.25) is 0 Å². The molecule has 5 heteroatoms. The summed E-state index contributed by atoms with van der Waals surface area (Å²) in [7, 11) is 0. The topological polar surface area (TPSA) is 29.3 Å². The van der Waals surface area contributed by atoms with Gasteiger partial charge in [-0.1, -0.05) is 13.8 Å². The molecular formula is C11H21F3N2. The van der Waals surface area contributed by atoms with Crippen molar-refractivity contribution in [2.24, 2.45) is 17.6 Å². The molecule has 0 saturated carbocycles. The minimum absolute atomic E-state index is 0.111. The van der Waals surface area contributed by atoms with Gasteiger partial charge in [-0.15, -0.1) is 0 Å². The summed E-state index contributed by atoms with van der Waals surface area (Å²) < 4.78 is 36.9. The summed E-state index contributed by atoms with van der Waals surface area (Å²) in [5, 5.41) is 0. The largest absolute Gasteiger partial charge is 0.389 e. The predicted molar refractivity (Wildman–Crippen MR) is 58.0 cm³/mol. The first-order valence-corrected chi connectivity index (χ1v) is 5.81. The summed E-state index contributed by atoms with van der Waals surface area (Å²) in [4.78, 5) is 2.06. The van der Waals surface area contributed by atoms with Gasteiger partial charge >= 0.3 is 6.18 Å². The van der Waals surface area contributed by atoms with Crippen molar-refractivity contribution in [2.75, 3.05) is 19.6 Å². The summed E-state index contributed by atoms with van der Waals surface area (Å²) >= 11 is 0. The molecule has 0 radical (unpaired) electrons. The number of nitrogens with two attached hydrogens (primary N) is 1. The highest BCUT2D eigenvalue weighted by atomic mass is 19.4. The Hall–Kier alpha value is -0.290. The van der Waals surface area contributed by atoms with Crippen molar-refractivity contribution in [2.45, 2.75) is 38.9 Å². The molecule has 16 heavy (non-hydrogen) atoms. The van der Waals surface area contributed by atoms with Gasteiger partial charge in [-0.05, 0) is 18.3 Å². The first-order chi connectivity index (χ1) is 7.26. The Morgan fingerprint density at radius 1 is 1.31 bits per heavy atom. The van der Waals surface area contributed by atoms with E-state index in [-0.39, 0.29) is 12.0 Å². The van der Waals surface area contributed by atoms with Crippen molar-refractivity contribution < 1.29 is 13.2 Å². The smallest absolute Gasteiger partial charge is 0.327 e. The van der Waals surface area contributed by atoms with Gasteiger partial charge in [-0.3, -0.25) is 0 Å². The van der Waals surface area contributed by atoms with E-state index in [4.69, 9.17) is 5.73 Å². The fourth-order valence-corrected chi connectivity index (χ4v) is 2.49. The Bertz CT molecular complexity index is 214. The van der Waals surface area contributed by atoms with E-state index in [9.17, 15) is 13.2 Å². The highest BCUT2D eigenvalue weighted by molar-refractivity contribution is 4.82. The Morgan fingerprint density at radius 3 is 2.44 bits per heavy atom. The molecule has 0 aliphatic carbocycles. The second kappa shape index (κ2) is 5.36. The van der Waals surface area contributed by atoms with Gasteiger partial charge in [0.05, 0.1) is 0 Å². The van der Waals surface area contributed by atoms with Gasteiger partial charge in [0.15, 0.2) is 0 Å². The first-order valence-electron chi connectivity index (χ1n) is 5.81. The number of rotatable bonds is 3. The lowest BCUT2D eigenvalue weighted by atomic mass is 9.91. The number of hydrogen-bond acceptors (Lipinski definition) is 2. The highest BCUT2D eigenvalue weighted by Gasteiger charge is 2.35. The molecule has 0 amide bonds. The molecule has 1 fully saturated rings. The van der Waals surface area contributed by atoms with Crippen LogP contribution in [0.15, 0.2) is 0 Å². The number of hydrogen-bond donors (Lipinski definition) is 1. The molecule has 1 heterocycles. The zero-order valence-corrected chi connectivity index (χ0v) is 9.93. The van der Waals surface area contributed by atoms with E-state index in [1.807, 2.05) is 0 Å². The molecule has 1 rings (SSSR count). The van der Waals surface area contributed by atoms with Gasteiger partial charge in [0.1, 0.15) is 0 Å². The third-order valence-electron chi connectivity index (χ3n) is 2.79. The van der Waals surface area contributed by atoms with Crippen LogP contribution in [0.25, 0.3) is 0 Å². The van der Waals surface area contributed by atoms with Crippen LogP contribution in [0.4, 0.5) is 13.2 Å². The maximum Gasteiger partial charge on any atom is 0.389 e. The van der Waals surface area contributed by atoms with E-state index in [2.05, 4.69) is 18.7 Å². The van der Waals surface area contributed by atoms with Crippen LogP contribution in [0.2, 0.25) is 0 Å². The van der Waals surface area contributed by atoms with E-state index in [0.29, 0.717) is 18.9 Å². The van der Waals surface area contributed by atoms with E-state index >= 15 is 0 Å². The molecule has 0 spiro atoms. The summed E-state index contributed by atoms with van der Waals surface area (Å²) in [6, 6.07) is -0.111. The summed E-state index contributed by atoms with van der Waals surface area (Å²) in [6.07, 6.45) is -4.27. The van der Waals surface area contributed by atoms with E-state index in [0.717, 1.165) is 13.1 Å². The molecule has 0 bridgehead atoms. The number of nitrogens with zero attached hydrogens (tertiary/aromatic N) is 1. The van der Waals surface area contributed by atoms with Gasteiger partial charge in [-0.2, -0.15) is 13.2 Å². The van der Waals surface area contributed by atoms with Crippen LogP contribution < -0.4 is 5.73 Å². The van der Waals surface area contributed by atoms with Crippen LogP contribution >= 0.6 is 0 Å². The summed E-state index contributed by atoms with van der Waals surface area (Å²) in [5.74, 6) is 0.138. The average Bonchev–Trinajstić information content (AvgIpc) is 1.96. The van der Waals surface area contributed by atoms with Crippen LogP contribution in [-0.4, -0.2) is 36.8 Å². The first kappa shape index (κ1) is 13.8. The van der Waals surface area contributed by atoms with Crippen LogP contribution in [0.3, 0.4) is 0 Å². The van der Waals surface area contributed by atoms with Crippen molar-refractivity contribution in [3.8, 4) is 0 Å². The fourth-order valence-electron chi connectivity index (χ4n) is 2.49. The molecule has 2 atom stereocenters. The minimum atomic E-state index is -4.06. The Balaban J connectivity index is 2.47. The second-order valence-corrected chi connectivity index (χ2v) is 5.29. The van der Waals surface area contributed by atoms with Crippen molar-refractivity contribution in [1.82, 2.24) is 4.90 Å². The lowest BCUT2D eigenvalue weighted by Gasteiger charge is -2.37. The number of halogens is 3. The molecule has 1 aliphatic rings. The maximum absolute atomic E-state index is 12.3. The highest BCUT2D eigenvalue weighted by Crippen LogP contribution is 2.30. The fraction of sp³-hybridized carbons (Fsp3) is 1.00. The zero-order valence-electron chi connectivity index (χ0n) is 9.93. The van der Waals surface area contributed by atoms with Gasteiger partial charge in [0.25, 0.3) is 0 Å². The standard InChI is InChI=1S/C11H21F3N2/c1-8(2)5-16-6-9(3-10(15)7-16)4-11(12,13)14/h8-10H,3-7,15H2,1-2H3. The molecule has 2 nitrogen and oxygen atoms in total. The van der Waals surface area contributed by atoms with Gasteiger partial charge in [0, 0.05) is 32.1 Å². The maximum atomic E-state index is 12.3. The molecule has 2 unspecified atom stereocenters. The van der Waals surface area contributed by atoms with Gasteiger partial charge in [-0.25, -0.2) is 0 Å². The van der Waals surface area contributed by atoms with Crippen LogP contribution in [0, 0.1) is 11.8 Å². The van der Waals surface area contributed by atoms with E-state index in [1.165, 1.54) is 0 Å². The second-order valence-electron chi connectivity index (χ2n) is 5.29. The van der Waals surface area contributed by atoms with Crippen molar-refractivity contribution >= 4 is 0 Å². The van der Waals surface area contributed by atoms with Crippen LogP contribution in [0.5, 0.6) is 0 Å².